The molecule has 0 saturated heterocycles. The minimum Gasteiger partial charge on any atom is -0.603 e. The molecule has 0 aromatic rings. The number of hydrogen-bond donors (Lipinski definition) is 2. The summed E-state index contributed by atoms with van der Waals surface area (Å²) in [6, 6.07) is 0. The number of carbonyl (C=O) groups is 1. The van der Waals surface area contributed by atoms with Crippen molar-refractivity contribution < 1.29 is 19.8 Å². The third kappa shape index (κ3) is 3.38. The highest BCUT2D eigenvalue weighted by Gasteiger charge is 2.46. The van der Waals surface area contributed by atoms with Crippen molar-refractivity contribution in [1.82, 2.24) is 5.01 Å². The highest BCUT2D eigenvalue weighted by atomic mass is 127. The van der Waals surface area contributed by atoms with Crippen molar-refractivity contribution >= 4 is 36.6 Å². The SMILES string of the molecule is C[C@@]1(O)C(=O)OCC2=C1C=C(I)N(CC#C[Si](C)(C)C)[NH+]2[O-]. The van der Waals surface area contributed by atoms with E-state index < -0.39 is 19.6 Å². The first kappa shape index (κ1) is 17.5. The number of quaternary nitrogens is 1. The van der Waals surface area contributed by atoms with Gasteiger partial charge in [-0.2, -0.15) is 0 Å². The van der Waals surface area contributed by atoms with E-state index in [0.717, 1.165) is 0 Å². The molecule has 0 radical (unpaired) electrons. The maximum atomic E-state index is 12.6. The van der Waals surface area contributed by atoms with E-state index in [1.54, 1.807) is 11.1 Å². The molecule has 0 aliphatic carbocycles. The van der Waals surface area contributed by atoms with Gasteiger partial charge >= 0.3 is 5.97 Å². The fourth-order valence-corrected chi connectivity index (χ4v) is 3.46. The number of ether oxygens (including phenoxy) is 1. The van der Waals surface area contributed by atoms with Crippen molar-refractivity contribution in [3.05, 3.63) is 26.3 Å². The van der Waals surface area contributed by atoms with Crippen LogP contribution in [0.15, 0.2) is 21.0 Å². The number of nitrogens with zero attached hydrogens (tertiary/aromatic N) is 1. The van der Waals surface area contributed by atoms with Crippen molar-refractivity contribution in [3.63, 3.8) is 0 Å². The van der Waals surface area contributed by atoms with Gasteiger partial charge in [-0.15, -0.1) is 5.54 Å². The van der Waals surface area contributed by atoms with Crippen LogP contribution >= 0.6 is 22.6 Å². The van der Waals surface area contributed by atoms with Crippen molar-refractivity contribution in [1.29, 1.82) is 0 Å². The van der Waals surface area contributed by atoms with Gasteiger partial charge in [-0.1, -0.05) is 25.6 Å². The Labute approximate surface area is 144 Å². The molecular formula is C14H19IN2O4Si. The lowest BCUT2D eigenvalue weighted by Gasteiger charge is -2.42. The molecule has 22 heavy (non-hydrogen) atoms. The van der Waals surface area contributed by atoms with Crippen LogP contribution in [0.25, 0.3) is 0 Å². The van der Waals surface area contributed by atoms with E-state index in [-0.39, 0.29) is 11.8 Å². The summed E-state index contributed by atoms with van der Waals surface area (Å²) >= 11 is 2.02. The largest absolute Gasteiger partial charge is 0.603 e. The highest BCUT2D eigenvalue weighted by molar-refractivity contribution is 14.1. The first-order valence-electron chi connectivity index (χ1n) is 6.86. The van der Waals surface area contributed by atoms with Gasteiger partial charge in [0.1, 0.15) is 18.3 Å². The summed E-state index contributed by atoms with van der Waals surface area (Å²) in [4.78, 5) is 11.7. The van der Waals surface area contributed by atoms with Gasteiger partial charge in [-0.3, -0.25) is 0 Å². The molecule has 0 spiro atoms. The molecule has 2 aliphatic rings. The molecule has 0 saturated carbocycles. The summed E-state index contributed by atoms with van der Waals surface area (Å²) in [7, 11) is -1.49. The maximum absolute atomic E-state index is 12.6. The van der Waals surface area contributed by atoms with E-state index in [1.807, 2.05) is 22.6 Å². The van der Waals surface area contributed by atoms with Crippen molar-refractivity contribution in [2.75, 3.05) is 13.2 Å². The fraction of sp³-hybridized carbons (Fsp3) is 0.500. The Bertz CT molecular complexity index is 625. The third-order valence-corrected chi connectivity index (χ3v) is 5.14. The fourth-order valence-electron chi connectivity index (χ4n) is 2.15. The Morgan fingerprint density at radius 2 is 2.23 bits per heavy atom. The smallest absolute Gasteiger partial charge is 0.343 e. The molecule has 0 aromatic carbocycles. The molecular weight excluding hydrogens is 415 g/mol. The predicted octanol–water partition coefficient (Wildman–Crippen LogP) is 0.319. The average molecular weight is 434 g/mol. The summed E-state index contributed by atoms with van der Waals surface area (Å²) < 4.78 is 5.56. The van der Waals surface area contributed by atoms with Crippen LogP contribution in [-0.2, 0) is 9.53 Å². The number of esters is 1. The lowest BCUT2D eigenvalue weighted by molar-refractivity contribution is -0.929. The maximum Gasteiger partial charge on any atom is 0.343 e. The van der Waals surface area contributed by atoms with Gasteiger partial charge < -0.3 is 15.1 Å². The second-order valence-corrected chi connectivity index (χ2v) is 12.3. The predicted molar refractivity (Wildman–Crippen MR) is 92.9 cm³/mol. The lowest BCUT2D eigenvalue weighted by Crippen LogP contribution is -3.13. The van der Waals surface area contributed by atoms with Crippen molar-refractivity contribution in [3.8, 4) is 11.5 Å². The monoisotopic (exact) mass is 434 g/mol. The lowest BCUT2D eigenvalue weighted by atomic mass is 9.91. The van der Waals surface area contributed by atoms with Crippen LogP contribution in [-0.4, -0.2) is 42.9 Å². The molecule has 0 bridgehead atoms. The van der Waals surface area contributed by atoms with E-state index in [1.165, 1.54) is 6.92 Å². The van der Waals surface area contributed by atoms with Crippen LogP contribution in [0.2, 0.25) is 19.6 Å². The third-order valence-electron chi connectivity index (χ3n) is 3.32. The number of hydrogen-bond acceptors (Lipinski definition) is 5. The quantitative estimate of drug-likeness (QED) is 0.155. The van der Waals surface area contributed by atoms with Crippen molar-refractivity contribution in [2.45, 2.75) is 32.2 Å². The first-order chi connectivity index (χ1) is 10.0. The molecule has 2 aliphatic heterocycles. The van der Waals surface area contributed by atoms with E-state index in [4.69, 9.17) is 4.74 Å². The van der Waals surface area contributed by atoms with Crippen molar-refractivity contribution in [2.24, 2.45) is 0 Å². The Kier molecular flexibility index (Phi) is 4.75. The molecule has 0 fully saturated rings. The normalized spacial score (nSPS) is 28.5. The number of hydroxylamine groups is 1. The Morgan fingerprint density at radius 3 is 2.82 bits per heavy atom. The standard InChI is InChI=1S/C14H19IN2O4Si/c1-14(19)10-8-12(15)16(6-5-7-22(2,3)4)17(20)11(10)9-21-13(14)18/h8,17,19H,6,9H2,1-4H3/t14-/m0/s1. The zero-order chi connectivity index (χ0) is 16.7. The van der Waals surface area contributed by atoms with Crippen LogP contribution in [0.4, 0.5) is 0 Å². The average Bonchev–Trinajstić information content (AvgIpc) is 2.37. The summed E-state index contributed by atoms with van der Waals surface area (Å²) in [5.41, 5.74) is 2.08. The molecule has 0 amide bonds. The van der Waals surface area contributed by atoms with E-state index >= 15 is 0 Å². The molecule has 120 valence electrons. The minimum atomic E-state index is -1.78. The molecule has 2 heterocycles. The van der Waals surface area contributed by atoms with Crippen LogP contribution in [0.5, 0.6) is 0 Å². The van der Waals surface area contributed by atoms with Gasteiger partial charge in [0.2, 0.25) is 0 Å². The zero-order valence-corrected chi connectivity index (χ0v) is 16.1. The topological polar surface area (TPSA) is 77.3 Å². The summed E-state index contributed by atoms with van der Waals surface area (Å²) in [5.74, 6) is 2.33. The molecule has 6 nitrogen and oxygen atoms in total. The van der Waals surface area contributed by atoms with Gasteiger partial charge in [0.05, 0.1) is 5.57 Å². The number of cyclic esters (lactones) is 1. The Hall–Kier alpha value is -0.863. The Balaban J connectivity index is 2.30. The summed E-state index contributed by atoms with van der Waals surface area (Å²) in [6.45, 7) is 7.94. The summed E-state index contributed by atoms with van der Waals surface area (Å²) in [5, 5.41) is 24.1. The molecule has 8 heteroatoms. The van der Waals surface area contributed by atoms with Gasteiger partial charge in [0.15, 0.2) is 17.9 Å². The number of rotatable bonds is 1. The number of carbonyl (C=O) groups excluding carboxylic acids is 1. The van der Waals surface area contributed by atoms with Crippen LogP contribution in [0.3, 0.4) is 0 Å². The first-order valence-corrected chi connectivity index (χ1v) is 11.4. The molecule has 2 N–H and O–H groups in total. The Morgan fingerprint density at radius 1 is 1.59 bits per heavy atom. The van der Waals surface area contributed by atoms with Crippen LogP contribution in [0.1, 0.15) is 6.92 Å². The van der Waals surface area contributed by atoms with E-state index in [0.29, 0.717) is 21.5 Å². The zero-order valence-electron chi connectivity index (χ0n) is 13.0. The molecule has 2 rings (SSSR count). The van der Waals surface area contributed by atoms with Gasteiger partial charge in [0.25, 0.3) is 0 Å². The van der Waals surface area contributed by atoms with Gasteiger partial charge in [-0.05, 0) is 35.6 Å². The molecule has 2 atom stereocenters. The summed E-state index contributed by atoms with van der Waals surface area (Å²) in [6.07, 6.45) is 1.66. The van der Waals surface area contributed by atoms with E-state index in [9.17, 15) is 15.1 Å². The van der Waals surface area contributed by atoms with Gasteiger partial charge in [-0.25, -0.2) is 15.0 Å². The molecule has 0 aromatic heterocycles. The molecule has 1 unspecified atom stereocenters. The second-order valence-electron chi connectivity index (χ2n) is 6.45. The second kappa shape index (κ2) is 5.97. The van der Waals surface area contributed by atoms with E-state index in [2.05, 4.69) is 31.1 Å². The number of aliphatic hydroxyl groups is 1. The number of nitrogens with one attached hydrogen (secondary N) is 1. The van der Waals surface area contributed by atoms with Crippen LogP contribution in [0, 0.1) is 16.7 Å². The minimum absolute atomic E-state index is 0.110. The highest BCUT2D eigenvalue weighted by Crippen LogP contribution is 2.30. The van der Waals surface area contributed by atoms with Gasteiger partial charge in [0, 0.05) is 0 Å². The number of halogens is 1. The van der Waals surface area contributed by atoms with Crippen LogP contribution < -0.4 is 5.17 Å².